The predicted molar refractivity (Wildman–Crippen MR) is 116 cm³/mol. The van der Waals surface area contributed by atoms with Crippen LogP contribution in [0.25, 0.3) is 5.65 Å². The van der Waals surface area contributed by atoms with Crippen LogP contribution in [0, 0.1) is 0 Å². The number of hydrogen-bond acceptors (Lipinski definition) is 7. The number of amides is 1. The lowest BCUT2D eigenvalue weighted by molar-refractivity contribution is -0.104. The van der Waals surface area contributed by atoms with Crippen LogP contribution in [0.5, 0.6) is 0 Å². The van der Waals surface area contributed by atoms with Crippen molar-refractivity contribution >= 4 is 28.9 Å². The van der Waals surface area contributed by atoms with E-state index in [9.17, 15) is 23.5 Å². The number of aromatic nitrogens is 4. The van der Waals surface area contributed by atoms with E-state index in [0.717, 1.165) is 0 Å². The molecular formula is C21H23F2N7O3. The van der Waals surface area contributed by atoms with Crippen LogP contribution in [0.2, 0.25) is 0 Å². The Balaban J connectivity index is 1.45. The van der Waals surface area contributed by atoms with E-state index >= 15 is 0 Å². The van der Waals surface area contributed by atoms with E-state index in [0.29, 0.717) is 18.7 Å². The molecule has 0 aliphatic heterocycles. The molecule has 0 unspecified atom stereocenters. The SMILES string of the molecule is CNc1cc(Nc2cccn(C3CC(F)(F)C3)c2=O)nc2c(C(=O)N[C@@H]3CC[C@@H]3O)cnn12. The molecule has 3 heterocycles. The molecule has 10 nitrogen and oxygen atoms in total. The van der Waals surface area contributed by atoms with Gasteiger partial charge in [-0.25, -0.2) is 13.8 Å². The second-order valence-corrected chi connectivity index (χ2v) is 8.47. The molecule has 2 aliphatic carbocycles. The first-order chi connectivity index (χ1) is 15.8. The molecule has 0 spiro atoms. The van der Waals surface area contributed by atoms with Crippen LogP contribution < -0.4 is 21.5 Å². The topological polar surface area (TPSA) is 126 Å². The zero-order valence-corrected chi connectivity index (χ0v) is 17.8. The van der Waals surface area contributed by atoms with Gasteiger partial charge in [-0.05, 0) is 25.0 Å². The van der Waals surface area contributed by atoms with Crippen LogP contribution in [-0.2, 0) is 0 Å². The Labute approximate surface area is 186 Å². The Morgan fingerprint density at radius 3 is 2.73 bits per heavy atom. The second kappa shape index (κ2) is 7.80. The molecule has 0 saturated heterocycles. The molecule has 1 amide bonds. The van der Waals surface area contributed by atoms with E-state index in [-0.39, 0.29) is 41.6 Å². The highest BCUT2D eigenvalue weighted by Gasteiger charge is 2.46. The second-order valence-electron chi connectivity index (χ2n) is 8.47. The van der Waals surface area contributed by atoms with Gasteiger partial charge >= 0.3 is 0 Å². The quantitative estimate of drug-likeness (QED) is 0.444. The summed E-state index contributed by atoms with van der Waals surface area (Å²) in [5.41, 5.74) is 0.216. The molecule has 2 fully saturated rings. The highest BCUT2D eigenvalue weighted by Crippen LogP contribution is 2.44. The monoisotopic (exact) mass is 459 g/mol. The Morgan fingerprint density at radius 2 is 2.09 bits per heavy atom. The van der Waals surface area contributed by atoms with Crippen LogP contribution in [-0.4, -0.2) is 55.3 Å². The van der Waals surface area contributed by atoms with E-state index in [1.807, 2.05) is 0 Å². The summed E-state index contributed by atoms with van der Waals surface area (Å²) >= 11 is 0. The first-order valence-corrected chi connectivity index (χ1v) is 10.7. The number of pyridine rings is 1. The fraction of sp³-hybridized carbons (Fsp3) is 0.429. The van der Waals surface area contributed by atoms with Crippen molar-refractivity contribution in [1.82, 2.24) is 24.5 Å². The van der Waals surface area contributed by atoms with Gasteiger partial charge in [-0.3, -0.25) is 9.59 Å². The standard InChI is InChI=1S/C21H23F2N7O3/c1-24-17-7-16(26-14-3-2-6-29(20(14)33)11-8-21(22,23)9-11)28-18-12(10-25-30(17)18)19(32)27-13-4-5-15(13)31/h2-3,6-7,10-11,13,15,24,31H,4-5,8-9H2,1H3,(H,26,28)(H,27,32)/t13-,15+/m1/s1. The molecular weight excluding hydrogens is 436 g/mol. The van der Waals surface area contributed by atoms with Gasteiger partial charge in [0.25, 0.3) is 17.4 Å². The van der Waals surface area contributed by atoms with Gasteiger partial charge in [-0.1, -0.05) is 0 Å². The van der Waals surface area contributed by atoms with Crippen molar-refractivity contribution in [3.8, 4) is 0 Å². The third-order valence-electron chi connectivity index (χ3n) is 6.23. The molecule has 4 N–H and O–H groups in total. The molecule has 33 heavy (non-hydrogen) atoms. The third kappa shape index (κ3) is 3.80. The summed E-state index contributed by atoms with van der Waals surface area (Å²) in [7, 11) is 1.68. The number of hydrogen-bond donors (Lipinski definition) is 4. The Morgan fingerprint density at radius 1 is 1.30 bits per heavy atom. The molecule has 0 bridgehead atoms. The smallest absolute Gasteiger partial charge is 0.274 e. The zero-order chi connectivity index (χ0) is 23.3. The number of halogens is 2. The van der Waals surface area contributed by atoms with Crippen LogP contribution in [0.3, 0.4) is 0 Å². The first kappa shape index (κ1) is 21.3. The summed E-state index contributed by atoms with van der Waals surface area (Å²) in [6, 6.07) is 3.91. The summed E-state index contributed by atoms with van der Waals surface area (Å²) in [5, 5.41) is 22.7. The van der Waals surface area contributed by atoms with Crippen molar-refractivity contribution in [2.45, 2.75) is 49.8 Å². The maximum absolute atomic E-state index is 13.3. The summed E-state index contributed by atoms with van der Waals surface area (Å²) in [6.07, 6.45) is 2.93. The van der Waals surface area contributed by atoms with Gasteiger partial charge in [0.2, 0.25) is 0 Å². The van der Waals surface area contributed by atoms with E-state index in [1.165, 1.54) is 21.5 Å². The maximum atomic E-state index is 13.3. The predicted octanol–water partition coefficient (Wildman–Crippen LogP) is 1.90. The van der Waals surface area contributed by atoms with E-state index < -0.39 is 29.5 Å². The number of nitrogens with zero attached hydrogens (tertiary/aromatic N) is 4. The van der Waals surface area contributed by atoms with Crippen molar-refractivity contribution in [1.29, 1.82) is 0 Å². The number of nitrogens with one attached hydrogen (secondary N) is 3. The molecule has 2 atom stereocenters. The molecule has 3 aromatic rings. The third-order valence-corrected chi connectivity index (χ3v) is 6.23. The zero-order valence-electron chi connectivity index (χ0n) is 17.8. The Bertz CT molecular complexity index is 1280. The lowest BCUT2D eigenvalue weighted by Gasteiger charge is -2.36. The van der Waals surface area contributed by atoms with Crippen LogP contribution in [0.15, 0.2) is 35.4 Å². The van der Waals surface area contributed by atoms with Gasteiger partial charge in [0.1, 0.15) is 22.9 Å². The number of carbonyl (C=O) groups excluding carboxylic acids is 1. The van der Waals surface area contributed by atoms with Crippen LogP contribution in [0.4, 0.5) is 26.1 Å². The average molecular weight is 459 g/mol. The lowest BCUT2D eigenvalue weighted by atomic mass is 9.88. The van der Waals surface area contributed by atoms with Gasteiger partial charge in [-0.2, -0.15) is 9.61 Å². The van der Waals surface area contributed by atoms with Gasteiger partial charge in [-0.15, -0.1) is 0 Å². The number of aliphatic hydroxyl groups excluding tert-OH is 1. The minimum absolute atomic E-state index is 0.176. The van der Waals surface area contributed by atoms with E-state index in [4.69, 9.17) is 0 Å². The highest BCUT2D eigenvalue weighted by atomic mass is 19.3. The number of carbonyl (C=O) groups is 1. The van der Waals surface area contributed by atoms with Gasteiger partial charge < -0.3 is 25.6 Å². The van der Waals surface area contributed by atoms with Crippen molar-refractivity contribution in [2.24, 2.45) is 0 Å². The number of aliphatic hydroxyl groups is 1. The first-order valence-electron chi connectivity index (χ1n) is 10.7. The molecule has 2 aliphatic rings. The van der Waals surface area contributed by atoms with Crippen molar-refractivity contribution in [2.75, 3.05) is 17.7 Å². The maximum Gasteiger partial charge on any atom is 0.274 e. The number of rotatable bonds is 6. The highest BCUT2D eigenvalue weighted by molar-refractivity contribution is 6.00. The number of fused-ring (bicyclic) bond motifs is 1. The van der Waals surface area contributed by atoms with Crippen molar-refractivity contribution in [3.63, 3.8) is 0 Å². The summed E-state index contributed by atoms with van der Waals surface area (Å²) in [4.78, 5) is 30.1. The number of anilines is 3. The summed E-state index contributed by atoms with van der Waals surface area (Å²) in [5.74, 6) is -2.36. The normalized spacial score (nSPS) is 21.8. The summed E-state index contributed by atoms with van der Waals surface area (Å²) in [6.45, 7) is 0. The van der Waals surface area contributed by atoms with Gasteiger partial charge in [0.05, 0.1) is 18.3 Å². The fourth-order valence-corrected chi connectivity index (χ4v) is 4.12. The van der Waals surface area contributed by atoms with Gasteiger partial charge in [0.15, 0.2) is 5.65 Å². The lowest BCUT2D eigenvalue weighted by Crippen LogP contribution is -2.50. The van der Waals surface area contributed by atoms with Crippen LogP contribution >= 0.6 is 0 Å². The molecule has 2 saturated carbocycles. The van der Waals surface area contributed by atoms with Crippen LogP contribution in [0.1, 0.15) is 42.1 Å². The number of alkyl halides is 2. The molecule has 3 aromatic heterocycles. The molecule has 0 radical (unpaired) electrons. The van der Waals surface area contributed by atoms with Crippen molar-refractivity contribution in [3.05, 3.63) is 46.5 Å². The minimum atomic E-state index is -2.74. The minimum Gasteiger partial charge on any atom is -0.391 e. The van der Waals surface area contributed by atoms with E-state index in [2.05, 4.69) is 26.0 Å². The molecule has 0 aromatic carbocycles. The fourth-order valence-electron chi connectivity index (χ4n) is 4.12. The molecule has 174 valence electrons. The van der Waals surface area contributed by atoms with Gasteiger partial charge in [0, 0.05) is 38.2 Å². The average Bonchev–Trinajstić information content (AvgIpc) is 3.19. The molecule has 12 heteroatoms. The van der Waals surface area contributed by atoms with Crippen molar-refractivity contribution < 1.29 is 18.7 Å². The molecule has 5 rings (SSSR count). The summed E-state index contributed by atoms with van der Waals surface area (Å²) < 4.78 is 29.3. The Kier molecular flexibility index (Phi) is 5.04. The Hall–Kier alpha value is -3.54. The largest absolute Gasteiger partial charge is 0.391 e. The van der Waals surface area contributed by atoms with E-state index in [1.54, 1.807) is 25.2 Å².